The molecule has 0 spiro atoms. The van der Waals surface area contributed by atoms with Crippen LogP contribution in [-0.2, 0) is 0 Å². The van der Waals surface area contributed by atoms with Crippen LogP contribution >= 0.6 is 12.4 Å². The molecule has 0 aliphatic heterocycles. The van der Waals surface area contributed by atoms with Crippen molar-refractivity contribution in [3.63, 3.8) is 0 Å². The molecule has 1 aromatic rings. The first kappa shape index (κ1) is 17.7. The molecule has 0 aliphatic rings. The summed E-state index contributed by atoms with van der Waals surface area (Å²) < 4.78 is 21.4. The topological polar surface area (TPSA) is 40.2 Å². The van der Waals surface area contributed by atoms with Crippen LogP contribution in [0.25, 0.3) is 0 Å². The highest BCUT2D eigenvalue weighted by molar-refractivity contribution is 5.85. The average Bonchev–Trinajstić information content (AvgIpc) is 2.36. The van der Waals surface area contributed by atoms with Crippen LogP contribution in [-0.4, -0.2) is 53.5 Å². The second-order valence-electron chi connectivity index (χ2n) is 4.01. The number of benzene rings is 1. The average molecular weight is 292 g/mol. The molecule has 0 atom stereocenters. The molecule has 5 nitrogen and oxygen atoms in total. The molecule has 0 unspecified atom stereocenters. The summed E-state index contributed by atoms with van der Waals surface area (Å²) in [6, 6.07) is 3.58. The molecule has 0 bridgehead atoms. The van der Waals surface area contributed by atoms with Crippen LogP contribution in [0, 0.1) is 0 Å². The minimum atomic E-state index is 0. The zero-order valence-corrected chi connectivity index (χ0v) is 12.9. The van der Waals surface area contributed by atoms with Crippen molar-refractivity contribution in [2.24, 2.45) is 0 Å². The molecule has 0 aliphatic carbocycles. The van der Waals surface area contributed by atoms with Gasteiger partial charge < -0.3 is 23.8 Å². The number of methoxy groups -OCH3 is 3. The lowest BCUT2D eigenvalue weighted by Gasteiger charge is -2.15. The Bertz CT molecular complexity index is 360. The SMILES string of the molecule is COc1cc(OCCN(C)C)cc(OC)c1OC.Cl. The van der Waals surface area contributed by atoms with E-state index in [1.165, 1.54) is 0 Å². The highest BCUT2D eigenvalue weighted by atomic mass is 35.5. The van der Waals surface area contributed by atoms with Crippen LogP contribution < -0.4 is 18.9 Å². The van der Waals surface area contributed by atoms with Gasteiger partial charge in [-0.25, -0.2) is 0 Å². The van der Waals surface area contributed by atoms with Crippen LogP contribution in [0.3, 0.4) is 0 Å². The molecule has 0 amide bonds. The van der Waals surface area contributed by atoms with Gasteiger partial charge in [-0.1, -0.05) is 0 Å². The fraction of sp³-hybridized carbons (Fsp3) is 0.538. The predicted molar refractivity (Wildman–Crippen MR) is 77.4 cm³/mol. The molecule has 1 aromatic carbocycles. The maximum absolute atomic E-state index is 5.64. The molecule has 0 heterocycles. The number of ether oxygens (including phenoxy) is 4. The van der Waals surface area contributed by atoms with Gasteiger partial charge in [0.25, 0.3) is 0 Å². The number of rotatable bonds is 7. The van der Waals surface area contributed by atoms with E-state index in [-0.39, 0.29) is 12.4 Å². The van der Waals surface area contributed by atoms with E-state index in [0.29, 0.717) is 29.6 Å². The van der Waals surface area contributed by atoms with Crippen LogP contribution in [0.1, 0.15) is 0 Å². The lowest BCUT2D eigenvalue weighted by molar-refractivity contribution is 0.257. The summed E-state index contributed by atoms with van der Waals surface area (Å²) in [6.07, 6.45) is 0. The number of likely N-dealkylation sites (N-methyl/N-ethyl adjacent to an activating group) is 1. The molecule has 1 rings (SSSR count). The van der Waals surface area contributed by atoms with Gasteiger partial charge in [-0.05, 0) is 14.1 Å². The Morgan fingerprint density at radius 1 is 0.947 bits per heavy atom. The molecular formula is C13H22ClNO4. The Morgan fingerprint density at radius 3 is 1.84 bits per heavy atom. The van der Waals surface area contributed by atoms with Gasteiger partial charge in [0.15, 0.2) is 11.5 Å². The van der Waals surface area contributed by atoms with E-state index >= 15 is 0 Å². The Balaban J connectivity index is 0.00000324. The summed E-state index contributed by atoms with van der Waals surface area (Å²) in [4.78, 5) is 2.05. The maximum atomic E-state index is 5.64. The summed E-state index contributed by atoms with van der Waals surface area (Å²) in [5, 5.41) is 0. The zero-order chi connectivity index (χ0) is 13.5. The predicted octanol–water partition coefficient (Wildman–Crippen LogP) is 2.07. The van der Waals surface area contributed by atoms with Gasteiger partial charge in [-0.2, -0.15) is 0 Å². The van der Waals surface area contributed by atoms with E-state index in [4.69, 9.17) is 18.9 Å². The standard InChI is InChI=1S/C13H21NO4.ClH/c1-14(2)6-7-18-10-8-11(15-3)13(17-5)12(9-10)16-4;/h8-9H,6-7H2,1-5H3;1H. The van der Waals surface area contributed by atoms with E-state index < -0.39 is 0 Å². The van der Waals surface area contributed by atoms with Crippen LogP contribution in [0.2, 0.25) is 0 Å². The number of hydrogen-bond donors (Lipinski definition) is 0. The first-order valence-electron chi connectivity index (χ1n) is 5.70. The Morgan fingerprint density at radius 2 is 1.47 bits per heavy atom. The molecule has 0 fully saturated rings. The first-order valence-corrected chi connectivity index (χ1v) is 5.70. The van der Waals surface area contributed by atoms with Crippen molar-refractivity contribution in [1.29, 1.82) is 0 Å². The summed E-state index contributed by atoms with van der Waals surface area (Å²) in [5.74, 6) is 2.46. The monoisotopic (exact) mass is 291 g/mol. The largest absolute Gasteiger partial charge is 0.493 e. The second-order valence-corrected chi connectivity index (χ2v) is 4.01. The third-order valence-corrected chi connectivity index (χ3v) is 2.45. The highest BCUT2D eigenvalue weighted by Gasteiger charge is 2.13. The zero-order valence-electron chi connectivity index (χ0n) is 12.1. The minimum Gasteiger partial charge on any atom is -0.493 e. The number of nitrogens with zero attached hydrogens (tertiary/aromatic N) is 1. The van der Waals surface area contributed by atoms with Gasteiger partial charge in [-0.3, -0.25) is 0 Å². The van der Waals surface area contributed by atoms with E-state index in [2.05, 4.69) is 4.90 Å². The third kappa shape index (κ3) is 5.04. The van der Waals surface area contributed by atoms with Crippen molar-refractivity contribution >= 4 is 12.4 Å². The maximum Gasteiger partial charge on any atom is 0.203 e. The van der Waals surface area contributed by atoms with E-state index in [1.807, 2.05) is 14.1 Å². The van der Waals surface area contributed by atoms with Gasteiger partial charge in [0, 0.05) is 18.7 Å². The van der Waals surface area contributed by atoms with Crippen molar-refractivity contribution in [3.8, 4) is 23.0 Å². The summed E-state index contributed by atoms with van der Waals surface area (Å²) in [5.41, 5.74) is 0. The number of hydrogen-bond acceptors (Lipinski definition) is 5. The number of halogens is 1. The van der Waals surface area contributed by atoms with Gasteiger partial charge in [0.2, 0.25) is 5.75 Å². The molecule has 0 saturated carbocycles. The van der Waals surface area contributed by atoms with Crippen LogP contribution in [0.5, 0.6) is 23.0 Å². The molecule has 6 heteroatoms. The van der Waals surface area contributed by atoms with Crippen molar-refractivity contribution in [3.05, 3.63) is 12.1 Å². The smallest absolute Gasteiger partial charge is 0.203 e. The lowest BCUT2D eigenvalue weighted by atomic mass is 10.2. The normalized spacial score (nSPS) is 9.79. The molecule has 110 valence electrons. The molecule has 0 saturated heterocycles. The van der Waals surface area contributed by atoms with E-state index in [9.17, 15) is 0 Å². The van der Waals surface area contributed by atoms with Gasteiger partial charge in [0.05, 0.1) is 21.3 Å². The summed E-state index contributed by atoms with van der Waals surface area (Å²) >= 11 is 0. The highest BCUT2D eigenvalue weighted by Crippen LogP contribution is 2.40. The Labute approximate surface area is 120 Å². The van der Waals surface area contributed by atoms with E-state index in [0.717, 1.165) is 6.54 Å². The fourth-order valence-corrected chi connectivity index (χ4v) is 1.49. The van der Waals surface area contributed by atoms with Gasteiger partial charge >= 0.3 is 0 Å². The van der Waals surface area contributed by atoms with E-state index in [1.54, 1.807) is 33.5 Å². The summed E-state index contributed by atoms with van der Waals surface area (Å²) in [7, 11) is 8.74. The fourth-order valence-electron chi connectivity index (χ4n) is 1.49. The van der Waals surface area contributed by atoms with Crippen LogP contribution in [0.4, 0.5) is 0 Å². The Hall–Kier alpha value is -1.33. The third-order valence-electron chi connectivity index (χ3n) is 2.45. The Kier molecular flexibility index (Phi) is 8.11. The quantitative estimate of drug-likeness (QED) is 0.769. The molecular weight excluding hydrogens is 270 g/mol. The van der Waals surface area contributed by atoms with Crippen molar-refractivity contribution in [2.75, 3.05) is 48.6 Å². The minimum absolute atomic E-state index is 0. The lowest BCUT2D eigenvalue weighted by Crippen LogP contribution is -2.19. The van der Waals surface area contributed by atoms with Crippen molar-refractivity contribution < 1.29 is 18.9 Å². The van der Waals surface area contributed by atoms with Gasteiger partial charge in [-0.15, -0.1) is 12.4 Å². The molecule has 0 radical (unpaired) electrons. The molecule has 0 aromatic heterocycles. The van der Waals surface area contributed by atoms with Crippen molar-refractivity contribution in [1.82, 2.24) is 4.90 Å². The summed E-state index contributed by atoms with van der Waals surface area (Å²) in [6.45, 7) is 1.45. The van der Waals surface area contributed by atoms with Gasteiger partial charge in [0.1, 0.15) is 12.4 Å². The van der Waals surface area contributed by atoms with Crippen molar-refractivity contribution in [2.45, 2.75) is 0 Å². The van der Waals surface area contributed by atoms with Crippen LogP contribution in [0.15, 0.2) is 12.1 Å². The first-order chi connectivity index (χ1) is 8.62. The second kappa shape index (κ2) is 8.72. The molecule has 19 heavy (non-hydrogen) atoms. The molecule has 0 N–H and O–H groups in total.